The molecule has 22 heavy (non-hydrogen) atoms. The minimum absolute atomic E-state index is 0.0457. The van der Waals surface area contributed by atoms with Gasteiger partial charge in [-0.15, -0.1) is 0 Å². The van der Waals surface area contributed by atoms with Crippen LogP contribution in [0.25, 0.3) is 0 Å². The molecule has 1 heterocycles. The highest BCUT2D eigenvalue weighted by molar-refractivity contribution is 5.93. The van der Waals surface area contributed by atoms with E-state index < -0.39 is 0 Å². The third-order valence-electron chi connectivity index (χ3n) is 4.25. The fourth-order valence-corrected chi connectivity index (χ4v) is 3.12. The topological polar surface area (TPSA) is 50.4 Å². The molecule has 4 heteroatoms. The van der Waals surface area contributed by atoms with Gasteiger partial charge in [0.05, 0.1) is 6.10 Å². The molecule has 0 unspecified atom stereocenters. The Morgan fingerprint density at radius 2 is 1.95 bits per heavy atom. The predicted octanol–water partition coefficient (Wildman–Crippen LogP) is 2.59. The Morgan fingerprint density at radius 1 is 1.27 bits per heavy atom. The van der Waals surface area contributed by atoms with Crippen molar-refractivity contribution in [2.45, 2.75) is 39.8 Å². The monoisotopic (exact) mass is 304 g/mol. The van der Waals surface area contributed by atoms with E-state index in [-0.39, 0.29) is 11.3 Å². The van der Waals surface area contributed by atoms with Gasteiger partial charge in [-0.25, -0.2) is 0 Å². The molecule has 0 radical (unpaired) electrons. The van der Waals surface area contributed by atoms with Crippen LogP contribution in [0.15, 0.2) is 24.3 Å². The fraction of sp³-hybridized carbons (Fsp3) is 0.611. The van der Waals surface area contributed by atoms with Crippen molar-refractivity contribution in [1.29, 1.82) is 0 Å². The van der Waals surface area contributed by atoms with Crippen LogP contribution >= 0.6 is 0 Å². The lowest BCUT2D eigenvalue weighted by Gasteiger charge is -2.31. The van der Waals surface area contributed by atoms with Gasteiger partial charge in [-0.2, -0.15) is 0 Å². The molecule has 0 aromatic heterocycles. The molecule has 2 atom stereocenters. The molecular weight excluding hydrogens is 276 g/mol. The average molecular weight is 304 g/mol. The first-order valence-electron chi connectivity index (χ1n) is 8.05. The summed E-state index contributed by atoms with van der Waals surface area (Å²) in [5.74, 6) is 0.528. The van der Waals surface area contributed by atoms with Crippen LogP contribution in [0.2, 0.25) is 0 Å². The van der Waals surface area contributed by atoms with E-state index >= 15 is 0 Å². The Balaban J connectivity index is 1.82. The maximum Gasteiger partial charge on any atom is 0.251 e. The van der Waals surface area contributed by atoms with E-state index in [2.05, 4.69) is 31.4 Å². The zero-order valence-electron chi connectivity index (χ0n) is 14.1. The van der Waals surface area contributed by atoms with Gasteiger partial charge >= 0.3 is 0 Å². The molecule has 122 valence electrons. The largest absolute Gasteiger partial charge is 0.377 e. The quantitative estimate of drug-likeness (QED) is 0.879. The van der Waals surface area contributed by atoms with Crippen molar-refractivity contribution in [3.63, 3.8) is 0 Å². The molecule has 0 bridgehead atoms. The summed E-state index contributed by atoms with van der Waals surface area (Å²) in [6.07, 6.45) is 1.46. The number of hydrogen-bond donors (Lipinski definition) is 2. The first-order chi connectivity index (χ1) is 10.4. The van der Waals surface area contributed by atoms with Gasteiger partial charge in [-0.1, -0.05) is 32.9 Å². The highest BCUT2D eigenvalue weighted by atomic mass is 16.5. The Labute approximate surface area is 133 Å². The fourth-order valence-electron chi connectivity index (χ4n) is 3.12. The van der Waals surface area contributed by atoms with Crippen molar-refractivity contribution in [2.24, 2.45) is 11.3 Å². The first-order valence-corrected chi connectivity index (χ1v) is 8.05. The molecule has 1 saturated heterocycles. The van der Waals surface area contributed by atoms with E-state index in [0.717, 1.165) is 26.1 Å². The average Bonchev–Trinajstić information content (AvgIpc) is 2.96. The van der Waals surface area contributed by atoms with E-state index in [1.807, 2.05) is 24.3 Å². The Bertz CT molecular complexity index is 491. The normalized spacial score (nSPS) is 21.8. The summed E-state index contributed by atoms with van der Waals surface area (Å²) in [6.45, 7) is 9.39. The molecule has 0 aliphatic carbocycles. The van der Waals surface area contributed by atoms with Crippen LogP contribution < -0.4 is 10.6 Å². The second kappa shape index (κ2) is 7.25. The van der Waals surface area contributed by atoms with E-state index in [1.54, 1.807) is 7.05 Å². The lowest BCUT2D eigenvalue weighted by Crippen LogP contribution is -2.36. The van der Waals surface area contributed by atoms with Crippen molar-refractivity contribution < 1.29 is 9.53 Å². The van der Waals surface area contributed by atoms with Crippen LogP contribution in [0, 0.1) is 11.3 Å². The van der Waals surface area contributed by atoms with Crippen molar-refractivity contribution in [3.05, 3.63) is 35.4 Å². The number of ether oxygens (including phenoxy) is 1. The maximum absolute atomic E-state index is 11.5. The second-order valence-electron chi connectivity index (χ2n) is 7.11. The number of carbonyl (C=O) groups is 1. The highest BCUT2D eigenvalue weighted by Crippen LogP contribution is 2.34. The van der Waals surface area contributed by atoms with Gasteiger partial charge in [0, 0.05) is 38.2 Å². The Hall–Kier alpha value is -1.39. The molecule has 1 aliphatic heterocycles. The number of amides is 1. The molecule has 4 nitrogen and oxygen atoms in total. The van der Waals surface area contributed by atoms with E-state index in [9.17, 15) is 4.79 Å². The van der Waals surface area contributed by atoms with Crippen LogP contribution in [0.1, 0.15) is 43.1 Å². The smallest absolute Gasteiger partial charge is 0.251 e. The molecule has 1 fully saturated rings. The molecule has 1 aromatic carbocycles. The summed E-state index contributed by atoms with van der Waals surface area (Å²) in [5.41, 5.74) is 2.08. The third kappa shape index (κ3) is 4.31. The molecule has 1 aliphatic rings. The Kier molecular flexibility index (Phi) is 5.59. The van der Waals surface area contributed by atoms with E-state index in [1.165, 1.54) is 5.56 Å². The van der Waals surface area contributed by atoms with Gasteiger partial charge in [0.25, 0.3) is 5.91 Å². The molecule has 0 saturated carbocycles. The third-order valence-corrected chi connectivity index (χ3v) is 4.25. The minimum atomic E-state index is -0.0457. The summed E-state index contributed by atoms with van der Waals surface area (Å²) < 4.78 is 5.90. The van der Waals surface area contributed by atoms with Crippen LogP contribution in [0.5, 0.6) is 0 Å². The van der Waals surface area contributed by atoms with E-state index in [4.69, 9.17) is 4.74 Å². The zero-order chi connectivity index (χ0) is 16.2. The SMILES string of the molecule is CNC(=O)c1ccc(CNC[C@H]2CCO[C@@H]2C(C)(C)C)cc1. The van der Waals surface area contributed by atoms with Crippen molar-refractivity contribution >= 4 is 5.91 Å². The number of benzene rings is 1. The first kappa shape index (κ1) is 17.0. The second-order valence-corrected chi connectivity index (χ2v) is 7.11. The van der Waals surface area contributed by atoms with Crippen molar-refractivity contribution in [1.82, 2.24) is 10.6 Å². The molecule has 0 spiro atoms. The van der Waals surface area contributed by atoms with E-state index in [0.29, 0.717) is 17.6 Å². The van der Waals surface area contributed by atoms with Gasteiger partial charge < -0.3 is 15.4 Å². The summed E-state index contributed by atoms with van der Waals surface area (Å²) in [7, 11) is 1.65. The minimum Gasteiger partial charge on any atom is -0.377 e. The van der Waals surface area contributed by atoms with Gasteiger partial charge in [-0.3, -0.25) is 4.79 Å². The number of rotatable bonds is 5. The van der Waals surface area contributed by atoms with Crippen molar-refractivity contribution in [2.75, 3.05) is 20.2 Å². The van der Waals surface area contributed by atoms with Crippen LogP contribution in [0.3, 0.4) is 0 Å². The summed E-state index contributed by atoms with van der Waals surface area (Å²) in [4.78, 5) is 11.5. The molecule has 1 aromatic rings. The molecule has 1 amide bonds. The summed E-state index contributed by atoms with van der Waals surface area (Å²) >= 11 is 0. The molecule has 2 rings (SSSR count). The Morgan fingerprint density at radius 3 is 2.55 bits per heavy atom. The lowest BCUT2D eigenvalue weighted by atomic mass is 9.81. The van der Waals surface area contributed by atoms with Crippen LogP contribution in [0.4, 0.5) is 0 Å². The molecular formula is C18H28N2O2. The maximum atomic E-state index is 11.5. The summed E-state index contributed by atoms with van der Waals surface area (Å²) in [5, 5.41) is 6.16. The van der Waals surface area contributed by atoms with Gasteiger partial charge in [-0.05, 0) is 29.5 Å². The number of carbonyl (C=O) groups excluding carboxylic acids is 1. The van der Waals surface area contributed by atoms with Gasteiger partial charge in [0.15, 0.2) is 0 Å². The van der Waals surface area contributed by atoms with Crippen molar-refractivity contribution in [3.8, 4) is 0 Å². The van der Waals surface area contributed by atoms with Gasteiger partial charge in [0.1, 0.15) is 0 Å². The number of nitrogens with one attached hydrogen (secondary N) is 2. The summed E-state index contributed by atoms with van der Waals surface area (Å²) in [6, 6.07) is 7.74. The van der Waals surface area contributed by atoms with Gasteiger partial charge in [0.2, 0.25) is 0 Å². The van der Waals surface area contributed by atoms with Crippen LogP contribution in [-0.2, 0) is 11.3 Å². The zero-order valence-corrected chi connectivity index (χ0v) is 14.1. The number of hydrogen-bond acceptors (Lipinski definition) is 3. The lowest BCUT2D eigenvalue weighted by molar-refractivity contribution is 0.00721. The standard InChI is InChI=1S/C18H28N2O2/c1-18(2,3)16-15(9-10-22-16)12-20-11-13-5-7-14(8-6-13)17(21)19-4/h5-8,15-16,20H,9-12H2,1-4H3,(H,19,21)/t15-,16+/m1/s1. The van der Waals surface area contributed by atoms with Crippen LogP contribution in [-0.4, -0.2) is 32.2 Å². The molecule has 2 N–H and O–H groups in total. The highest BCUT2D eigenvalue weighted by Gasteiger charge is 2.36. The predicted molar refractivity (Wildman–Crippen MR) is 88.8 cm³/mol.